The average Bonchev–Trinajstić information content (AvgIpc) is 2.93. The second-order valence-electron chi connectivity index (χ2n) is 4.67. The van der Waals surface area contributed by atoms with Crippen LogP contribution in [0.1, 0.15) is 16.7 Å². The number of hydrogen-bond donors (Lipinski definition) is 0. The molecule has 3 nitrogen and oxygen atoms in total. The van der Waals surface area contributed by atoms with Crippen LogP contribution in [-0.4, -0.2) is 6.61 Å². The van der Waals surface area contributed by atoms with Crippen LogP contribution in [0.15, 0.2) is 34.8 Å². The van der Waals surface area contributed by atoms with E-state index in [9.17, 15) is 0 Å². The molecule has 0 saturated carbocycles. The van der Waals surface area contributed by atoms with Gasteiger partial charge in [0.1, 0.15) is 29.7 Å². The Hall–Kier alpha value is -1.70. The molecule has 106 valence electrons. The van der Waals surface area contributed by atoms with Crippen molar-refractivity contribution in [2.75, 3.05) is 6.61 Å². The standard InChI is InChI=1S/C16H11BrClNO2/c17-12-6-10-4-5-20-16(10)11(7-12)9-21-15-3-1-2-14(18)13(15)8-19/h1-3,6-7H,4-5,9H2. The van der Waals surface area contributed by atoms with Gasteiger partial charge in [0.15, 0.2) is 0 Å². The largest absolute Gasteiger partial charge is 0.493 e. The van der Waals surface area contributed by atoms with E-state index in [-0.39, 0.29) is 0 Å². The van der Waals surface area contributed by atoms with Crippen LogP contribution in [0.5, 0.6) is 11.5 Å². The molecule has 0 saturated heterocycles. The van der Waals surface area contributed by atoms with Crippen LogP contribution in [0.25, 0.3) is 0 Å². The van der Waals surface area contributed by atoms with Gasteiger partial charge in [-0.1, -0.05) is 33.6 Å². The lowest BCUT2D eigenvalue weighted by molar-refractivity contribution is 0.291. The molecule has 5 heteroatoms. The third kappa shape index (κ3) is 2.85. The van der Waals surface area contributed by atoms with Gasteiger partial charge in [0, 0.05) is 16.5 Å². The Morgan fingerprint density at radius 1 is 1.38 bits per heavy atom. The van der Waals surface area contributed by atoms with Crippen LogP contribution in [0.3, 0.4) is 0 Å². The van der Waals surface area contributed by atoms with Crippen LogP contribution in [0.4, 0.5) is 0 Å². The summed E-state index contributed by atoms with van der Waals surface area (Å²) in [6.45, 7) is 1.02. The van der Waals surface area contributed by atoms with Crippen molar-refractivity contribution in [1.82, 2.24) is 0 Å². The first-order chi connectivity index (χ1) is 10.2. The minimum Gasteiger partial charge on any atom is -0.493 e. The Bertz CT molecular complexity index is 740. The van der Waals surface area contributed by atoms with Crippen molar-refractivity contribution in [3.8, 4) is 17.6 Å². The molecule has 1 heterocycles. The summed E-state index contributed by atoms with van der Waals surface area (Å²) in [5.41, 5.74) is 2.49. The number of nitriles is 1. The molecule has 21 heavy (non-hydrogen) atoms. The monoisotopic (exact) mass is 363 g/mol. The summed E-state index contributed by atoms with van der Waals surface area (Å²) in [7, 11) is 0. The highest BCUT2D eigenvalue weighted by Crippen LogP contribution is 2.34. The van der Waals surface area contributed by atoms with Crippen LogP contribution >= 0.6 is 27.5 Å². The van der Waals surface area contributed by atoms with Gasteiger partial charge in [0.2, 0.25) is 0 Å². The van der Waals surface area contributed by atoms with Crippen LogP contribution in [0.2, 0.25) is 5.02 Å². The number of benzene rings is 2. The van der Waals surface area contributed by atoms with E-state index in [1.54, 1.807) is 18.2 Å². The molecular weight excluding hydrogens is 354 g/mol. The molecule has 0 aromatic heterocycles. The lowest BCUT2D eigenvalue weighted by atomic mass is 10.1. The Morgan fingerprint density at radius 3 is 3.05 bits per heavy atom. The highest BCUT2D eigenvalue weighted by molar-refractivity contribution is 9.10. The predicted molar refractivity (Wildman–Crippen MR) is 83.8 cm³/mol. The molecule has 0 bridgehead atoms. The smallest absolute Gasteiger partial charge is 0.139 e. The fourth-order valence-electron chi connectivity index (χ4n) is 2.34. The minimum absolute atomic E-state index is 0.330. The van der Waals surface area contributed by atoms with Crippen LogP contribution in [-0.2, 0) is 13.0 Å². The van der Waals surface area contributed by atoms with Crippen molar-refractivity contribution in [3.05, 3.63) is 56.5 Å². The number of rotatable bonds is 3. The highest BCUT2D eigenvalue weighted by Gasteiger charge is 2.18. The van der Waals surface area contributed by atoms with E-state index in [1.165, 1.54) is 5.56 Å². The second kappa shape index (κ2) is 5.97. The Kier molecular flexibility index (Phi) is 4.05. The number of ether oxygens (including phenoxy) is 2. The Balaban J connectivity index is 1.87. The van der Waals surface area contributed by atoms with Crippen molar-refractivity contribution >= 4 is 27.5 Å². The summed E-state index contributed by atoms with van der Waals surface area (Å²) in [6.07, 6.45) is 0.905. The van der Waals surface area contributed by atoms with Gasteiger partial charge in [-0.15, -0.1) is 0 Å². The first-order valence-electron chi connectivity index (χ1n) is 6.44. The quantitative estimate of drug-likeness (QED) is 0.806. The molecule has 0 radical (unpaired) electrons. The summed E-state index contributed by atoms with van der Waals surface area (Å²) >= 11 is 9.49. The lowest BCUT2D eigenvalue weighted by Gasteiger charge is -2.12. The average molecular weight is 365 g/mol. The van der Waals surface area contributed by atoms with Gasteiger partial charge in [-0.05, 0) is 29.8 Å². The number of fused-ring (bicyclic) bond motifs is 1. The predicted octanol–water partition coefficient (Wildman–Crippen LogP) is 4.49. The number of hydrogen-bond acceptors (Lipinski definition) is 3. The maximum Gasteiger partial charge on any atom is 0.139 e. The van der Waals surface area contributed by atoms with Gasteiger partial charge in [0.25, 0.3) is 0 Å². The molecule has 0 fully saturated rings. The summed E-state index contributed by atoms with van der Waals surface area (Å²) < 4.78 is 12.4. The zero-order valence-corrected chi connectivity index (χ0v) is 13.4. The first kappa shape index (κ1) is 14.2. The van der Waals surface area contributed by atoms with Gasteiger partial charge in [-0.25, -0.2) is 0 Å². The van der Waals surface area contributed by atoms with Crippen molar-refractivity contribution < 1.29 is 9.47 Å². The second-order valence-corrected chi connectivity index (χ2v) is 5.99. The first-order valence-corrected chi connectivity index (χ1v) is 7.61. The molecule has 2 aromatic rings. The van der Waals surface area contributed by atoms with Gasteiger partial charge < -0.3 is 9.47 Å². The number of halogens is 2. The van der Waals surface area contributed by atoms with E-state index < -0.39 is 0 Å². The molecule has 3 rings (SSSR count). The van der Waals surface area contributed by atoms with Gasteiger partial charge >= 0.3 is 0 Å². The topological polar surface area (TPSA) is 42.2 Å². The molecule has 0 atom stereocenters. The molecule has 1 aliphatic heterocycles. The van der Waals surface area contributed by atoms with E-state index in [1.807, 2.05) is 6.07 Å². The fraction of sp³-hybridized carbons (Fsp3) is 0.188. The van der Waals surface area contributed by atoms with Gasteiger partial charge in [-0.3, -0.25) is 0 Å². The Morgan fingerprint density at radius 2 is 2.24 bits per heavy atom. The Labute approximate surface area is 136 Å². The zero-order chi connectivity index (χ0) is 14.8. The normalized spacial score (nSPS) is 12.4. The van der Waals surface area contributed by atoms with Crippen molar-refractivity contribution in [3.63, 3.8) is 0 Å². The van der Waals surface area contributed by atoms with E-state index in [0.29, 0.717) is 29.5 Å². The van der Waals surface area contributed by atoms with Crippen LogP contribution < -0.4 is 9.47 Å². The van der Waals surface area contributed by atoms with Gasteiger partial charge in [-0.2, -0.15) is 5.26 Å². The maximum absolute atomic E-state index is 9.15. The van der Waals surface area contributed by atoms with E-state index in [0.717, 1.165) is 22.2 Å². The fourth-order valence-corrected chi connectivity index (χ4v) is 3.10. The molecule has 2 aromatic carbocycles. The summed E-state index contributed by atoms with van der Waals surface area (Å²) in [4.78, 5) is 0. The SMILES string of the molecule is N#Cc1c(Cl)cccc1OCc1cc(Br)cc2c1OCC2. The maximum atomic E-state index is 9.15. The molecule has 0 aliphatic carbocycles. The van der Waals surface area contributed by atoms with Crippen molar-refractivity contribution in [2.45, 2.75) is 13.0 Å². The highest BCUT2D eigenvalue weighted by atomic mass is 79.9. The summed E-state index contributed by atoms with van der Waals surface area (Å²) in [5.74, 6) is 1.37. The molecular formula is C16H11BrClNO2. The van der Waals surface area contributed by atoms with Gasteiger partial charge in [0.05, 0.1) is 11.6 Å². The summed E-state index contributed by atoms with van der Waals surface area (Å²) in [5, 5.41) is 9.54. The third-order valence-electron chi connectivity index (χ3n) is 3.30. The van der Waals surface area contributed by atoms with E-state index >= 15 is 0 Å². The van der Waals surface area contributed by atoms with Crippen LogP contribution in [0, 0.1) is 11.3 Å². The third-order valence-corrected chi connectivity index (χ3v) is 4.07. The molecule has 0 unspecified atom stereocenters. The van der Waals surface area contributed by atoms with E-state index in [4.69, 9.17) is 26.3 Å². The van der Waals surface area contributed by atoms with Crippen molar-refractivity contribution in [1.29, 1.82) is 5.26 Å². The number of nitrogens with zero attached hydrogens (tertiary/aromatic N) is 1. The molecule has 0 spiro atoms. The lowest BCUT2D eigenvalue weighted by Crippen LogP contribution is -2.00. The molecule has 0 amide bonds. The van der Waals surface area contributed by atoms with E-state index in [2.05, 4.69) is 28.1 Å². The molecule has 0 N–H and O–H groups in total. The summed E-state index contributed by atoms with van der Waals surface area (Å²) in [6, 6.07) is 11.3. The zero-order valence-electron chi connectivity index (χ0n) is 11.0. The van der Waals surface area contributed by atoms with Crippen molar-refractivity contribution in [2.24, 2.45) is 0 Å². The minimum atomic E-state index is 0.330. The molecule has 1 aliphatic rings.